The number of benzene rings is 1. The van der Waals surface area contributed by atoms with Crippen LogP contribution in [0.1, 0.15) is 0 Å². The lowest BCUT2D eigenvalue weighted by Gasteiger charge is -2.09. The third-order valence-corrected chi connectivity index (χ3v) is 4.00. The number of nitrogens with zero attached hydrogens (tertiary/aromatic N) is 1. The van der Waals surface area contributed by atoms with Gasteiger partial charge in [-0.15, -0.1) is 0 Å². The van der Waals surface area contributed by atoms with Crippen LogP contribution in [0.5, 0.6) is 0 Å². The Kier molecular flexibility index (Phi) is 3.68. The predicted molar refractivity (Wildman–Crippen MR) is 66.4 cm³/mol. The van der Waals surface area contributed by atoms with E-state index in [1.165, 1.54) is 18.3 Å². The second-order valence-electron chi connectivity index (χ2n) is 3.52. The van der Waals surface area contributed by atoms with E-state index in [4.69, 9.17) is 11.6 Å². The number of hydrogen-bond acceptors (Lipinski definition) is 3. The van der Waals surface area contributed by atoms with Crippen molar-refractivity contribution in [3.63, 3.8) is 0 Å². The van der Waals surface area contributed by atoms with Crippen LogP contribution in [-0.2, 0) is 10.0 Å². The number of nitrogens with one attached hydrogen (secondary N) is 1. The highest BCUT2D eigenvalue weighted by Gasteiger charge is 2.20. The van der Waals surface area contributed by atoms with E-state index < -0.39 is 27.3 Å². The Balaban J connectivity index is 2.43. The maximum atomic E-state index is 13.4. The molecule has 0 aliphatic rings. The van der Waals surface area contributed by atoms with Crippen LogP contribution in [-0.4, -0.2) is 13.4 Å². The normalized spacial score (nSPS) is 11.3. The van der Waals surface area contributed by atoms with E-state index in [0.717, 1.165) is 18.2 Å². The van der Waals surface area contributed by atoms with Crippen molar-refractivity contribution in [1.29, 1.82) is 0 Å². The average molecular weight is 305 g/mol. The van der Waals surface area contributed by atoms with E-state index in [1.807, 2.05) is 4.72 Å². The fourth-order valence-electron chi connectivity index (χ4n) is 1.35. The predicted octanol–water partition coefficient (Wildman–Crippen LogP) is 2.81. The minimum atomic E-state index is -4.13. The Hall–Kier alpha value is -1.73. The van der Waals surface area contributed by atoms with Gasteiger partial charge in [0.05, 0.1) is 5.69 Å². The van der Waals surface area contributed by atoms with Gasteiger partial charge in [0, 0.05) is 12.3 Å². The molecule has 2 rings (SSSR count). The number of rotatable bonds is 3. The molecule has 19 heavy (non-hydrogen) atoms. The van der Waals surface area contributed by atoms with Crippen molar-refractivity contribution in [3.05, 3.63) is 53.3 Å². The monoisotopic (exact) mass is 304 g/mol. The Morgan fingerprint density at radius 1 is 1.21 bits per heavy atom. The van der Waals surface area contributed by atoms with Crippen molar-refractivity contribution in [2.45, 2.75) is 4.90 Å². The van der Waals surface area contributed by atoms with E-state index >= 15 is 0 Å². The summed E-state index contributed by atoms with van der Waals surface area (Å²) in [6.45, 7) is 0. The lowest BCUT2D eigenvalue weighted by molar-refractivity contribution is 0.594. The molecule has 1 aromatic heterocycles. The van der Waals surface area contributed by atoms with E-state index in [-0.39, 0.29) is 10.0 Å². The molecular formula is C11H7ClF2N2O2S. The molecule has 8 heteroatoms. The summed E-state index contributed by atoms with van der Waals surface area (Å²) in [7, 11) is -4.13. The van der Waals surface area contributed by atoms with Crippen molar-refractivity contribution in [3.8, 4) is 0 Å². The summed E-state index contributed by atoms with van der Waals surface area (Å²) in [4.78, 5) is 3.29. The quantitative estimate of drug-likeness (QED) is 0.887. The first kappa shape index (κ1) is 13.7. The van der Waals surface area contributed by atoms with Gasteiger partial charge >= 0.3 is 0 Å². The van der Waals surface area contributed by atoms with Gasteiger partial charge in [0.1, 0.15) is 21.7 Å². The van der Waals surface area contributed by atoms with Crippen molar-refractivity contribution in [2.24, 2.45) is 0 Å². The summed E-state index contributed by atoms with van der Waals surface area (Å²) in [5.41, 5.74) is -0.500. The molecule has 0 radical (unpaired) electrons. The van der Waals surface area contributed by atoms with Crippen LogP contribution in [0.2, 0.25) is 5.15 Å². The van der Waals surface area contributed by atoms with Gasteiger partial charge in [-0.2, -0.15) is 0 Å². The van der Waals surface area contributed by atoms with E-state index in [1.54, 1.807) is 0 Å². The first-order chi connectivity index (χ1) is 8.90. The zero-order valence-corrected chi connectivity index (χ0v) is 10.8. The average Bonchev–Trinajstić information content (AvgIpc) is 2.34. The molecule has 1 aromatic carbocycles. The summed E-state index contributed by atoms with van der Waals surface area (Å²) in [5.74, 6) is -1.67. The Morgan fingerprint density at radius 2 is 1.95 bits per heavy atom. The SMILES string of the molecule is O=S(=O)(Nc1cc(F)ccc1F)c1cccnc1Cl. The summed E-state index contributed by atoms with van der Waals surface area (Å²) in [5, 5.41) is -0.258. The van der Waals surface area contributed by atoms with Gasteiger partial charge in [0.15, 0.2) is 0 Å². The fraction of sp³-hybridized carbons (Fsp3) is 0. The van der Waals surface area contributed by atoms with Crippen LogP contribution in [0.4, 0.5) is 14.5 Å². The van der Waals surface area contributed by atoms with Crippen molar-refractivity contribution < 1.29 is 17.2 Å². The zero-order chi connectivity index (χ0) is 14.0. The minimum Gasteiger partial charge on any atom is -0.276 e. The molecule has 4 nitrogen and oxygen atoms in total. The highest BCUT2D eigenvalue weighted by Crippen LogP contribution is 2.23. The van der Waals surface area contributed by atoms with Gasteiger partial charge in [-0.3, -0.25) is 4.72 Å². The van der Waals surface area contributed by atoms with E-state index in [2.05, 4.69) is 4.98 Å². The first-order valence-electron chi connectivity index (χ1n) is 4.98. The van der Waals surface area contributed by atoms with Crippen LogP contribution in [0.25, 0.3) is 0 Å². The molecule has 0 aliphatic heterocycles. The summed E-state index contributed by atoms with van der Waals surface area (Å²) in [6.07, 6.45) is 1.31. The van der Waals surface area contributed by atoms with Gasteiger partial charge in [-0.1, -0.05) is 11.6 Å². The lowest BCUT2D eigenvalue weighted by atomic mass is 10.3. The lowest BCUT2D eigenvalue weighted by Crippen LogP contribution is -2.15. The van der Waals surface area contributed by atoms with Crippen LogP contribution < -0.4 is 4.72 Å². The molecule has 100 valence electrons. The molecule has 2 aromatic rings. The van der Waals surface area contributed by atoms with E-state index in [0.29, 0.717) is 0 Å². The summed E-state index contributed by atoms with van der Waals surface area (Å²) in [6, 6.07) is 5.00. The number of pyridine rings is 1. The maximum Gasteiger partial charge on any atom is 0.265 e. The Morgan fingerprint density at radius 3 is 2.63 bits per heavy atom. The second kappa shape index (κ2) is 5.10. The van der Waals surface area contributed by atoms with Crippen LogP contribution in [0, 0.1) is 11.6 Å². The maximum absolute atomic E-state index is 13.4. The topological polar surface area (TPSA) is 59.1 Å². The number of hydrogen-bond donors (Lipinski definition) is 1. The number of aromatic nitrogens is 1. The standard InChI is InChI=1S/C11H7ClF2N2O2S/c12-11-10(2-1-5-15-11)19(17,18)16-9-6-7(13)3-4-8(9)14/h1-6,16H. The molecule has 0 unspecified atom stereocenters. The van der Waals surface area contributed by atoms with Crippen molar-refractivity contribution in [2.75, 3.05) is 4.72 Å². The largest absolute Gasteiger partial charge is 0.276 e. The molecule has 0 aliphatic carbocycles. The van der Waals surface area contributed by atoms with Crippen molar-refractivity contribution in [1.82, 2.24) is 4.98 Å². The van der Waals surface area contributed by atoms with Gasteiger partial charge in [-0.25, -0.2) is 22.2 Å². The zero-order valence-electron chi connectivity index (χ0n) is 9.27. The Bertz CT molecular complexity index is 722. The first-order valence-corrected chi connectivity index (χ1v) is 6.84. The van der Waals surface area contributed by atoms with Gasteiger partial charge in [0.2, 0.25) is 0 Å². The smallest absolute Gasteiger partial charge is 0.265 e. The van der Waals surface area contributed by atoms with Crippen LogP contribution in [0.15, 0.2) is 41.4 Å². The molecule has 0 fully saturated rings. The third-order valence-electron chi connectivity index (χ3n) is 2.19. The highest BCUT2D eigenvalue weighted by molar-refractivity contribution is 7.92. The highest BCUT2D eigenvalue weighted by atomic mass is 35.5. The van der Waals surface area contributed by atoms with Gasteiger partial charge < -0.3 is 0 Å². The minimum absolute atomic E-state index is 0.258. The Labute approximate surface area is 113 Å². The van der Waals surface area contributed by atoms with Crippen LogP contribution >= 0.6 is 11.6 Å². The number of sulfonamides is 1. The number of anilines is 1. The fourth-order valence-corrected chi connectivity index (χ4v) is 2.86. The second-order valence-corrected chi connectivity index (χ2v) is 5.53. The molecule has 0 spiro atoms. The third kappa shape index (κ3) is 2.99. The molecular weight excluding hydrogens is 298 g/mol. The molecule has 0 saturated carbocycles. The van der Waals surface area contributed by atoms with Gasteiger partial charge in [0.25, 0.3) is 10.0 Å². The summed E-state index contributed by atoms with van der Waals surface area (Å²) >= 11 is 5.65. The molecule has 0 saturated heterocycles. The van der Waals surface area contributed by atoms with Gasteiger partial charge in [-0.05, 0) is 24.3 Å². The summed E-state index contributed by atoms with van der Waals surface area (Å²) < 4.78 is 52.2. The van der Waals surface area contributed by atoms with Crippen molar-refractivity contribution >= 4 is 27.3 Å². The molecule has 0 bridgehead atoms. The van der Waals surface area contributed by atoms with E-state index in [9.17, 15) is 17.2 Å². The number of halogens is 3. The molecule has 0 amide bonds. The van der Waals surface area contributed by atoms with Crippen LogP contribution in [0.3, 0.4) is 0 Å². The molecule has 1 N–H and O–H groups in total. The molecule has 1 heterocycles. The molecule has 0 atom stereocenters.